The number of nitrogens with one attached hydrogen (secondary N) is 3. The highest BCUT2D eigenvalue weighted by Crippen LogP contribution is 2.45. The molecule has 0 spiro atoms. The zero-order chi connectivity index (χ0) is 27.9. The normalized spacial score (nSPS) is 28.3. The summed E-state index contributed by atoms with van der Waals surface area (Å²) < 4.78 is 32.3. The maximum Gasteiger partial charge on any atom is 0.408 e. The lowest BCUT2D eigenvalue weighted by Crippen LogP contribution is -2.60. The van der Waals surface area contributed by atoms with Gasteiger partial charge in [-0.25, -0.2) is 13.2 Å². The van der Waals surface area contributed by atoms with Crippen molar-refractivity contribution in [3.63, 3.8) is 0 Å². The van der Waals surface area contributed by atoms with Gasteiger partial charge in [0.1, 0.15) is 23.7 Å². The zero-order valence-electron chi connectivity index (χ0n) is 22.5. The molecule has 4 fully saturated rings. The predicted octanol–water partition coefficient (Wildman–Crippen LogP) is 1.73. The number of alkyl carbamates (subject to hydrolysis) is 1. The molecule has 3 N–H and O–H groups in total. The maximum absolute atomic E-state index is 13.7. The summed E-state index contributed by atoms with van der Waals surface area (Å²) >= 11 is 0. The van der Waals surface area contributed by atoms with E-state index in [0.29, 0.717) is 32.2 Å². The van der Waals surface area contributed by atoms with Crippen molar-refractivity contribution in [2.45, 2.75) is 108 Å². The van der Waals surface area contributed by atoms with Gasteiger partial charge < -0.3 is 20.3 Å². The molecule has 0 bridgehead atoms. The van der Waals surface area contributed by atoms with Crippen molar-refractivity contribution in [1.82, 2.24) is 20.3 Å². The van der Waals surface area contributed by atoms with Crippen LogP contribution in [0.25, 0.3) is 0 Å². The van der Waals surface area contributed by atoms with E-state index in [9.17, 15) is 27.6 Å². The van der Waals surface area contributed by atoms with Gasteiger partial charge in [-0.1, -0.05) is 26.8 Å². The first-order valence-corrected chi connectivity index (χ1v) is 15.1. The highest BCUT2D eigenvalue weighted by molar-refractivity contribution is 7.91. The van der Waals surface area contributed by atoms with Crippen LogP contribution in [0, 0.1) is 11.3 Å². The minimum atomic E-state index is -3.79. The maximum atomic E-state index is 13.7. The molecule has 0 aromatic heterocycles. The Balaban J connectivity index is 1.44. The van der Waals surface area contributed by atoms with Crippen LogP contribution >= 0.6 is 0 Å². The van der Waals surface area contributed by atoms with Gasteiger partial charge in [-0.05, 0) is 63.2 Å². The monoisotopic (exact) mass is 552 g/mol. The number of sulfonamides is 1. The lowest BCUT2D eigenvalue weighted by atomic mass is 9.85. The van der Waals surface area contributed by atoms with Crippen molar-refractivity contribution in [3.8, 4) is 0 Å². The Bertz CT molecular complexity index is 1090. The number of carbonyl (C=O) groups is 4. The summed E-state index contributed by atoms with van der Waals surface area (Å²) in [4.78, 5) is 54.2. The zero-order valence-corrected chi connectivity index (χ0v) is 23.3. The summed E-state index contributed by atoms with van der Waals surface area (Å²) in [5, 5.41) is 4.90. The van der Waals surface area contributed by atoms with Gasteiger partial charge in [-0.2, -0.15) is 0 Å². The van der Waals surface area contributed by atoms with Gasteiger partial charge in [0.25, 0.3) is 5.91 Å². The molecule has 3 saturated carbocycles. The molecule has 0 aromatic rings. The van der Waals surface area contributed by atoms with Gasteiger partial charge in [-0.3, -0.25) is 19.1 Å². The number of hydrogen-bond acceptors (Lipinski definition) is 7. The fraction of sp³-hybridized carbons (Fsp3) is 0.769. The Morgan fingerprint density at radius 2 is 1.71 bits per heavy atom. The smallest absolute Gasteiger partial charge is 0.408 e. The molecule has 1 aliphatic heterocycles. The largest absolute Gasteiger partial charge is 0.446 e. The lowest BCUT2D eigenvalue weighted by Gasteiger charge is -2.35. The van der Waals surface area contributed by atoms with Crippen LogP contribution in [0.5, 0.6) is 0 Å². The van der Waals surface area contributed by atoms with E-state index < -0.39 is 68.0 Å². The third-order valence-electron chi connectivity index (χ3n) is 8.04. The first kappa shape index (κ1) is 28.4. The van der Waals surface area contributed by atoms with Crippen molar-refractivity contribution in [3.05, 3.63) is 12.7 Å². The molecule has 1 unspecified atom stereocenters. The molecule has 4 aliphatic rings. The molecule has 11 nitrogen and oxygen atoms in total. The quantitative estimate of drug-likeness (QED) is 0.369. The molecule has 4 atom stereocenters. The van der Waals surface area contributed by atoms with Gasteiger partial charge in [0, 0.05) is 12.5 Å². The third kappa shape index (κ3) is 6.00. The Hall–Kier alpha value is -2.63. The van der Waals surface area contributed by atoms with Crippen LogP contribution in [0.2, 0.25) is 0 Å². The highest BCUT2D eigenvalue weighted by Gasteiger charge is 2.61. The minimum absolute atomic E-state index is 0.154. The van der Waals surface area contributed by atoms with E-state index in [-0.39, 0.29) is 12.5 Å². The molecule has 0 aromatic carbocycles. The van der Waals surface area contributed by atoms with E-state index in [2.05, 4.69) is 21.9 Å². The van der Waals surface area contributed by atoms with Crippen molar-refractivity contribution >= 4 is 33.8 Å². The van der Waals surface area contributed by atoms with Gasteiger partial charge in [0.15, 0.2) is 0 Å². The second-order valence-corrected chi connectivity index (χ2v) is 14.1. The third-order valence-corrected chi connectivity index (χ3v) is 9.86. The molecule has 212 valence electrons. The molecule has 3 aliphatic carbocycles. The van der Waals surface area contributed by atoms with E-state index in [1.165, 1.54) is 11.0 Å². The van der Waals surface area contributed by atoms with Crippen LogP contribution in [0.3, 0.4) is 0 Å². The first-order valence-electron chi connectivity index (χ1n) is 13.6. The first-order chi connectivity index (χ1) is 17.8. The van der Waals surface area contributed by atoms with Crippen molar-refractivity contribution in [2.75, 3.05) is 6.54 Å². The SMILES string of the molecule is C=CC1C[C@]1(NC(=O)[C@@H]1CCCN1C(=O)[C@@H](NC(=O)OC1CCCC1)C(C)(C)C)C(=O)NS(=O)(=O)C1CC1. The van der Waals surface area contributed by atoms with Gasteiger partial charge in [0.05, 0.1) is 5.25 Å². The van der Waals surface area contributed by atoms with Gasteiger partial charge in [0.2, 0.25) is 21.8 Å². The summed E-state index contributed by atoms with van der Waals surface area (Å²) in [6.45, 7) is 9.52. The number of ether oxygens (including phenoxy) is 1. The van der Waals surface area contributed by atoms with E-state index in [1.807, 2.05) is 20.8 Å². The van der Waals surface area contributed by atoms with Crippen LogP contribution in [-0.2, 0) is 29.1 Å². The average Bonchev–Trinajstić information content (AvgIpc) is 3.69. The Labute approximate surface area is 224 Å². The van der Waals surface area contributed by atoms with Crippen LogP contribution in [-0.4, -0.2) is 72.7 Å². The Kier molecular flexibility index (Phi) is 7.84. The summed E-state index contributed by atoms with van der Waals surface area (Å²) in [5.74, 6) is -2.12. The molecule has 4 amide bonds. The molecule has 1 saturated heterocycles. The van der Waals surface area contributed by atoms with Crippen LogP contribution in [0.15, 0.2) is 12.7 Å². The van der Waals surface area contributed by atoms with Crippen LogP contribution < -0.4 is 15.4 Å². The van der Waals surface area contributed by atoms with Gasteiger partial charge >= 0.3 is 6.09 Å². The summed E-state index contributed by atoms with van der Waals surface area (Å²) in [7, 11) is -3.79. The number of amides is 4. The molecule has 0 radical (unpaired) electrons. The molecule has 38 heavy (non-hydrogen) atoms. The number of hydrogen-bond donors (Lipinski definition) is 3. The van der Waals surface area contributed by atoms with E-state index in [1.54, 1.807) is 0 Å². The minimum Gasteiger partial charge on any atom is -0.446 e. The molecular weight excluding hydrogens is 512 g/mol. The average molecular weight is 553 g/mol. The number of carbonyl (C=O) groups excluding carboxylic acids is 4. The van der Waals surface area contributed by atoms with Crippen LogP contribution in [0.1, 0.15) is 78.6 Å². The molecular formula is C26H40N4O7S. The summed E-state index contributed by atoms with van der Waals surface area (Å²) in [5.41, 5.74) is -2.07. The number of nitrogens with zero attached hydrogens (tertiary/aromatic N) is 1. The molecule has 4 rings (SSSR count). The van der Waals surface area contributed by atoms with Crippen molar-refractivity contribution in [1.29, 1.82) is 0 Å². The fourth-order valence-electron chi connectivity index (χ4n) is 5.45. The second-order valence-electron chi connectivity index (χ2n) is 12.1. The van der Waals surface area contributed by atoms with E-state index in [0.717, 1.165) is 25.7 Å². The van der Waals surface area contributed by atoms with Crippen molar-refractivity contribution < 1.29 is 32.3 Å². The van der Waals surface area contributed by atoms with E-state index in [4.69, 9.17) is 4.74 Å². The number of likely N-dealkylation sites (tertiary alicyclic amines) is 1. The van der Waals surface area contributed by atoms with Crippen molar-refractivity contribution in [2.24, 2.45) is 11.3 Å². The van der Waals surface area contributed by atoms with Crippen LogP contribution in [0.4, 0.5) is 4.79 Å². The summed E-state index contributed by atoms with van der Waals surface area (Å²) in [6.07, 6.45) is 6.54. The van der Waals surface area contributed by atoms with Gasteiger partial charge in [-0.15, -0.1) is 6.58 Å². The highest BCUT2D eigenvalue weighted by atomic mass is 32.2. The lowest BCUT2D eigenvalue weighted by molar-refractivity contribution is -0.142. The molecule has 1 heterocycles. The standard InChI is InChI=1S/C26H40N4O7S/c1-5-16-15-26(16,23(33)29-38(35,36)18-12-13-18)28-21(31)19-11-8-14-30(19)22(32)20(25(2,3)4)27-24(34)37-17-9-6-7-10-17/h5,16-20H,1,6-15H2,2-4H3,(H,27,34)(H,28,31)(H,29,33)/t16?,19-,20+,26+/m0/s1. The Morgan fingerprint density at radius 3 is 2.26 bits per heavy atom. The Morgan fingerprint density at radius 1 is 1.05 bits per heavy atom. The fourth-order valence-corrected chi connectivity index (χ4v) is 6.81. The number of rotatable bonds is 9. The summed E-state index contributed by atoms with van der Waals surface area (Å²) in [6, 6.07) is -1.77. The topological polar surface area (TPSA) is 151 Å². The molecule has 12 heteroatoms. The predicted molar refractivity (Wildman–Crippen MR) is 139 cm³/mol. The second kappa shape index (κ2) is 10.5. The van der Waals surface area contributed by atoms with E-state index >= 15 is 0 Å².